The van der Waals surface area contributed by atoms with E-state index in [1.165, 1.54) is 19.2 Å². The van der Waals surface area contributed by atoms with Crippen LogP contribution in [0.25, 0.3) is 10.9 Å². The van der Waals surface area contributed by atoms with Gasteiger partial charge in [-0.1, -0.05) is 0 Å². The van der Waals surface area contributed by atoms with E-state index in [1.54, 1.807) is 18.2 Å². The second-order valence-corrected chi connectivity index (χ2v) is 5.01. The van der Waals surface area contributed by atoms with Crippen molar-refractivity contribution in [3.8, 4) is 11.5 Å². The number of hydrogen-bond donors (Lipinski definition) is 2. The minimum atomic E-state index is -4.78. The van der Waals surface area contributed by atoms with E-state index in [0.717, 1.165) is 12.1 Å². The molecule has 0 saturated carbocycles. The van der Waals surface area contributed by atoms with Crippen molar-refractivity contribution in [1.82, 2.24) is 10.2 Å². The first kappa shape index (κ1) is 16.6. The molecular weight excluding hydrogens is 339 g/mol. The number of methoxy groups -OCH3 is 1. The van der Waals surface area contributed by atoms with E-state index in [-0.39, 0.29) is 11.4 Å². The number of carbonyl (C=O) groups is 1. The summed E-state index contributed by atoms with van der Waals surface area (Å²) in [6, 6.07) is 9.78. The van der Waals surface area contributed by atoms with E-state index in [0.29, 0.717) is 16.7 Å². The predicted octanol–water partition coefficient (Wildman–Crippen LogP) is 3.72. The monoisotopic (exact) mass is 351 g/mol. The van der Waals surface area contributed by atoms with Gasteiger partial charge in [-0.25, -0.2) is 0 Å². The molecule has 0 bridgehead atoms. The Bertz CT molecular complexity index is 904. The van der Waals surface area contributed by atoms with E-state index in [9.17, 15) is 18.0 Å². The molecule has 0 saturated heterocycles. The fraction of sp³-hybridized carbons (Fsp3) is 0.125. The Morgan fingerprint density at radius 2 is 1.80 bits per heavy atom. The number of hydrogen-bond acceptors (Lipinski definition) is 4. The number of fused-ring (bicyclic) bond motifs is 1. The smallest absolute Gasteiger partial charge is 0.497 e. The van der Waals surface area contributed by atoms with Crippen molar-refractivity contribution in [3.63, 3.8) is 0 Å². The van der Waals surface area contributed by atoms with Crippen molar-refractivity contribution in [3.05, 3.63) is 48.0 Å². The zero-order valence-corrected chi connectivity index (χ0v) is 12.8. The Morgan fingerprint density at radius 3 is 2.44 bits per heavy atom. The van der Waals surface area contributed by atoms with Gasteiger partial charge >= 0.3 is 6.36 Å². The number of benzene rings is 2. The minimum absolute atomic E-state index is 0.161. The number of H-pyrrole nitrogens is 1. The fourth-order valence-electron chi connectivity index (χ4n) is 2.20. The van der Waals surface area contributed by atoms with Crippen molar-refractivity contribution in [2.45, 2.75) is 6.36 Å². The standard InChI is InChI=1S/C16H12F3N3O3/c1-24-11-6-7-13-12(8-11)14(22-21-13)20-15(23)9-2-4-10(5-3-9)25-16(17,18)19/h2-8H,1H3,(H2,20,21,22,23). The molecular formula is C16H12F3N3O3. The third kappa shape index (κ3) is 3.82. The molecule has 2 N–H and O–H groups in total. The molecule has 9 heteroatoms. The summed E-state index contributed by atoms with van der Waals surface area (Å²) in [6.45, 7) is 0. The Labute approximate surface area is 139 Å². The third-order valence-electron chi connectivity index (χ3n) is 3.35. The number of aromatic amines is 1. The molecule has 0 fully saturated rings. The molecule has 0 spiro atoms. The predicted molar refractivity (Wildman–Crippen MR) is 83.7 cm³/mol. The summed E-state index contributed by atoms with van der Waals surface area (Å²) in [5, 5.41) is 10.0. The van der Waals surface area contributed by atoms with Crippen LogP contribution in [0.15, 0.2) is 42.5 Å². The summed E-state index contributed by atoms with van der Waals surface area (Å²) < 4.78 is 45.3. The summed E-state index contributed by atoms with van der Waals surface area (Å²) in [5.41, 5.74) is 0.860. The maximum atomic E-state index is 12.2. The molecule has 0 unspecified atom stereocenters. The number of nitrogens with zero attached hydrogens (tertiary/aromatic N) is 1. The molecule has 2 aromatic carbocycles. The summed E-state index contributed by atoms with van der Waals surface area (Å²) in [4.78, 5) is 12.2. The highest BCUT2D eigenvalue weighted by Gasteiger charge is 2.31. The minimum Gasteiger partial charge on any atom is -0.497 e. The van der Waals surface area contributed by atoms with Gasteiger partial charge in [-0.15, -0.1) is 13.2 Å². The SMILES string of the molecule is COc1ccc2[nH]nc(NC(=O)c3ccc(OC(F)(F)F)cc3)c2c1. The van der Waals surface area contributed by atoms with E-state index in [1.807, 2.05) is 0 Å². The number of anilines is 1. The van der Waals surface area contributed by atoms with Crippen LogP contribution < -0.4 is 14.8 Å². The van der Waals surface area contributed by atoms with Gasteiger partial charge in [0, 0.05) is 10.9 Å². The van der Waals surface area contributed by atoms with Crippen LogP contribution in [0.1, 0.15) is 10.4 Å². The zero-order valence-electron chi connectivity index (χ0n) is 12.8. The second-order valence-electron chi connectivity index (χ2n) is 5.01. The molecule has 0 aliphatic rings. The Morgan fingerprint density at radius 1 is 1.12 bits per heavy atom. The number of halogens is 3. The van der Waals surface area contributed by atoms with Crippen molar-refractivity contribution < 1.29 is 27.4 Å². The lowest BCUT2D eigenvalue weighted by Gasteiger charge is -2.09. The van der Waals surface area contributed by atoms with Crippen LogP contribution in [0.4, 0.5) is 19.0 Å². The van der Waals surface area contributed by atoms with Crippen LogP contribution in [0.5, 0.6) is 11.5 Å². The largest absolute Gasteiger partial charge is 0.573 e. The topological polar surface area (TPSA) is 76.2 Å². The van der Waals surface area contributed by atoms with Gasteiger partial charge in [0.1, 0.15) is 11.5 Å². The highest BCUT2D eigenvalue weighted by atomic mass is 19.4. The lowest BCUT2D eigenvalue weighted by Crippen LogP contribution is -2.17. The average Bonchev–Trinajstić information content (AvgIpc) is 2.96. The first-order valence-corrected chi connectivity index (χ1v) is 7.05. The maximum absolute atomic E-state index is 12.2. The highest BCUT2D eigenvalue weighted by Crippen LogP contribution is 2.26. The van der Waals surface area contributed by atoms with E-state index in [4.69, 9.17) is 4.74 Å². The van der Waals surface area contributed by atoms with Crippen LogP contribution in [0.2, 0.25) is 0 Å². The lowest BCUT2D eigenvalue weighted by atomic mass is 10.2. The number of amides is 1. The van der Waals surface area contributed by atoms with Crippen molar-refractivity contribution in [1.29, 1.82) is 0 Å². The second kappa shape index (κ2) is 6.34. The quantitative estimate of drug-likeness (QED) is 0.751. The molecule has 1 amide bonds. The first-order valence-electron chi connectivity index (χ1n) is 7.05. The molecule has 25 heavy (non-hydrogen) atoms. The van der Waals surface area contributed by atoms with E-state index < -0.39 is 18.0 Å². The Balaban J connectivity index is 1.78. The molecule has 0 atom stereocenters. The molecule has 130 valence electrons. The molecule has 1 heterocycles. The fourth-order valence-corrected chi connectivity index (χ4v) is 2.20. The van der Waals surface area contributed by atoms with Gasteiger partial charge in [-0.2, -0.15) is 5.10 Å². The van der Waals surface area contributed by atoms with Crippen LogP contribution in [0, 0.1) is 0 Å². The van der Waals surface area contributed by atoms with E-state index in [2.05, 4.69) is 20.3 Å². The molecule has 3 rings (SSSR count). The average molecular weight is 351 g/mol. The molecule has 0 radical (unpaired) electrons. The molecule has 6 nitrogen and oxygen atoms in total. The molecule has 3 aromatic rings. The van der Waals surface area contributed by atoms with Gasteiger partial charge in [-0.05, 0) is 42.5 Å². The Hall–Kier alpha value is -3.23. The summed E-state index contributed by atoms with van der Waals surface area (Å²) in [7, 11) is 1.52. The number of ether oxygens (including phenoxy) is 2. The summed E-state index contributed by atoms with van der Waals surface area (Å²) >= 11 is 0. The van der Waals surface area contributed by atoms with Crippen LogP contribution in [0.3, 0.4) is 0 Å². The van der Waals surface area contributed by atoms with Crippen LogP contribution >= 0.6 is 0 Å². The zero-order chi connectivity index (χ0) is 18.0. The van der Waals surface area contributed by atoms with Crippen molar-refractivity contribution in [2.75, 3.05) is 12.4 Å². The van der Waals surface area contributed by atoms with Gasteiger partial charge in [-0.3, -0.25) is 9.89 Å². The first-order chi connectivity index (χ1) is 11.9. The third-order valence-corrected chi connectivity index (χ3v) is 3.35. The highest BCUT2D eigenvalue weighted by molar-refractivity contribution is 6.08. The summed E-state index contributed by atoms with van der Waals surface area (Å²) in [6.07, 6.45) is -4.78. The van der Waals surface area contributed by atoms with E-state index >= 15 is 0 Å². The van der Waals surface area contributed by atoms with Gasteiger partial charge in [0.05, 0.1) is 12.6 Å². The van der Waals surface area contributed by atoms with Gasteiger partial charge in [0.15, 0.2) is 5.82 Å². The van der Waals surface area contributed by atoms with Crippen LogP contribution in [-0.2, 0) is 0 Å². The molecule has 1 aromatic heterocycles. The van der Waals surface area contributed by atoms with Gasteiger partial charge in [0.25, 0.3) is 5.91 Å². The van der Waals surface area contributed by atoms with Crippen molar-refractivity contribution in [2.24, 2.45) is 0 Å². The summed E-state index contributed by atoms with van der Waals surface area (Å²) in [5.74, 6) is -0.0404. The molecule has 0 aliphatic carbocycles. The number of alkyl halides is 3. The lowest BCUT2D eigenvalue weighted by molar-refractivity contribution is -0.274. The molecule has 0 aliphatic heterocycles. The van der Waals surface area contributed by atoms with Gasteiger partial charge in [0.2, 0.25) is 0 Å². The van der Waals surface area contributed by atoms with Crippen LogP contribution in [-0.4, -0.2) is 29.6 Å². The normalized spacial score (nSPS) is 11.4. The number of carbonyl (C=O) groups excluding carboxylic acids is 1. The Kier molecular flexibility index (Phi) is 4.22. The van der Waals surface area contributed by atoms with Gasteiger partial charge < -0.3 is 14.8 Å². The number of nitrogens with one attached hydrogen (secondary N) is 2. The maximum Gasteiger partial charge on any atom is 0.573 e. The number of aromatic nitrogens is 2. The van der Waals surface area contributed by atoms with Crippen molar-refractivity contribution >= 4 is 22.6 Å². The number of rotatable bonds is 4.